The van der Waals surface area contributed by atoms with Crippen molar-refractivity contribution in [1.29, 1.82) is 0 Å². The summed E-state index contributed by atoms with van der Waals surface area (Å²) in [4.78, 5) is 24.8. The molecule has 0 spiro atoms. The molecule has 1 fully saturated rings. The molecule has 28 heavy (non-hydrogen) atoms. The van der Waals surface area contributed by atoms with Gasteiger partial charge in [0.1, 0.15) is 5.75 Å². The third-order valence-corrected chi connectivity index (χ3v) is 5.60. The van der Waals surface area contributed by atoms with E-state index < -0.39 is 23.2 Å². The number of carboxylic acid groups (broad SMARTS) is 1. The number of aliphatic carboxylic acids is 1. The van der Waals surface area contributed by atoms with Crippen LogP contribution in [-0.4, -0.2) is 28.7 Å². The summed E-state index contributed by atoms with van der Waals surface area (Å²) < 4.78 is 20.1. The zero-order valence-electron chi connectivity index (χ0n) is 15.5. The minimum absolute atomic E-state index is 0.288. The molecule has 0 amide bonds. The van der Waals surface area contributed by atoms with Crippen molar-refractivity contribution >= 4 is 29.6 Å². The largest absolute Gasteiger partial charge is 0.478 e. The number of ether oxygens (including phenoxy) is 1. The number of carbonyl (C=O) groups excluding carboxylic acids is 1. The average molecular weight is 400 g/mol. The van der Waals surface area contributed by atoms with Gasteiger partial charge in [0, 0.05) is 10.5 Å². The van der Waals surface area contributed by atoms with Crippen LogP contribution in [0.15, 0.2) is 59.3 Å². The van der Waals surface area contributed by atoms with Crippen LogP contribution >= 0.6 is 11.8 Å². The first kappa shape index (κ1) is 20.1. The minimum atomic E-state index is -1.18. The summed E-state index contributed by atoms with van der Waals surface area (Å²) in [6.45, 7) is 0. The molecule has 0 atom stereocenters. The zero-order valence-corrected chi connectivity index (χ0v) is 16.3. The summed E-state index contributed by atoms with van der Waals surface area (Å²) in [5.41, 5.74) is -0.396. The molecule has 1 N–H and O–H groups in total. The lowest BCUT2D eigenvalue weighted by atomic mass is 10.0. The number of hydrogen-bond donors (Lipinski definition) is 1. The molecule has 146 valence electrons. The van der Waals surface area contributed by atoms with Crippen molar-refractivity contribution in [2.24, 2.45) is 0 Å². The van der Waals surface area contributed by atoms with Crippen LogP contribution in [0.25, 0.3) is 6.08 Å². The van der Waals surface area contributed by atoms with E-state index in [1.807, 2.05) is 6.26 Å². The minimum Gasteiger partial charge on any atom is -0.478 e. The number of ketones is 1. The topological polar surface area (TPSA) is 63.6 Å². The highest BCUT2D eigenvalue weighted by atomic mass is 32.2. The Kier molecular flexibility index (Phi) is 6.19. The van der Waals surface area contributed by atoms with Crippen molar-refractivity contribution in [2.75, 3.05) is 6.26 Å². The lowest BCUT2D eigenvalue weighted by Crippen LogP contribution is -2.41. The van der Waals surface area contributed by atoms with Crippen LogP contribution in [0.5, 0.6) is 5.75 Å². The van der Waals surface area contributed by atoms with Gasteiger partial charge in [-0.3, -0.25) is 4.79 Å². The third-order valence-electron chi connectivity index (χ3n) is 4.86. The Labute approximate surface area is 167 Å². The molecule has 0 aliphatic heterocycles. The van der Waals surface area contributed by atoms with Crippen LogP contribution in [0.3, 0.4) is 0 Å². The fourth-order valence-corrected chi connectivity index (χ4v) is 3.66. The monoisotopic (exact) mass is 400 g/mol. The van der Waals surface area contributed by atoms with Gasteiger partial charge in [0.25, 0.3) is 0 Å². The Morgan fingerprint density at radius 3 is 2.21 bits per heavy atom. The summed E-state index contributed by atoms with van der Waals surface area (Å²) >= 11 is 1.55. The van der Waals surface area contributed by atoms with E-state index in [4.69, 9.17) is 4.74 Å². The van der Waals surface area contributed by atoms with Gasteiger partial charge in [-0.2, -0.15) is 0 Å². The summed E-state index contributed by atoms with van der Waals surface area (Å²) in [6.07, 6.45) is 5.68. The number of thioether (sulfide) groups is 1. The fraction of sp³-hybridized carbons (Fsp3) is 0.273. The van der Waals surface area contributed by atoms with Crippen molar-refractivity contribution in [3.8, 4) is 5.75 Å². The number of Topliss-reactive ketones (excluding diaryl/α,β-unsaturated/α-hetero) is 1. The van der Waals surface area contributed by atoms with Gasteiger partial charge >= 0.3 is 5.97 Å². The first-order valence-electron chi connectivity index (χ1n) is 9.02. The number of allylic oxidation sites excluding steroid dienone is 1. The molecule has 0 unspecified atom stereocenters. The maximum absolute atomic E-state index is 14.3. The SMILES string of the molecule is CSc1ccc(C(=O)/C(F)=C/c2ccc(OC3(C(=O)O)CCCC3)cc2)cc1. The van der Waals surface area contributed by atoms with E-state index in [0.717, 1.165) is 23.8 Å². The number of hydrogen-bond acceptors (Lipinski definition) is 4. The van der Waals surface area contributed by atoms with Crippen LogP contribution in [0.1, 0.15) is 41.6 Å². The maximum Gasteiger partial charge on any atom is 0.348 e. The van der Waals surface area contributed by atoms with E-state index >= 15 is 0 Å². The lowest BCUT2D eigenvalue weighted by Gasteiger charge is -2.25. The summed E-state index contributed by atoms with van der Waals surface area (Å²) in [6, 6.07) is 13.2. The second-order valence-corrected chi connectivity index (χ2v) is 7.61. The van der Waals surface area contributed by atoms with E-state index in [0.29, 0.717) is 24.2 Å². The molecule has 0 heterocycles. The number of carbonyl (C=O) groups is 2. The van der Waals surface area contributed by atoms with E-state index in [1.54, 1.807) is 60.3 Å². The van der Waals surface area contributed by atoms with Gasteiger partial charge in [0.05, 0.1) is 0 Å². The molecule has 0 radical (unpaired) electrons. The second kappa shape index (κ2) is 8.61. The summed E-state index contributed by atoms with van der Waals surface area (Å²) in [5.74, 6) is -2.08. The second-order valence-electron chi connectivity index (χ2n) is 6.73. The zero-order chi connectivity index (χ0) is 20.1. The van der Waals surface area contributed by atoms with Crippen LogP contribution in [0.4, 0.5) is 4.39 Å². The van der Waals surface area contributed by atoms with Gasteiger partial charge in [-0.25, -0.2) is 9.18 Å². The van der Waals surface area contributed by atoms with Crippen LogP contribution in [-0.2, 0) is 4.79 Å². The van der Waals surface area contributed by atoms with Gasteiger partial charge in [-0.1, -0.05) is 12.1 Å². The molecular formula is C22H21FO4S. The Balaban J connectivity index is 1.71. The van der Waals surface area contributed by atoms with E-state index in [-0.39, 0.29) is 5.56 Å². The van der Waals surface area contributed by atoms with Crippen LogP contribution in [0.2, 0.25) is 0 Å². The molecule has 6 heteroatoms. The molecule has 2 aromatic rings. The quantitative estimate of drug-likeness (QED) is 0.384. The first-order valence-corrected chi connectivity index (χ1v) is 10.2. The van der Waals surface area contributed by atoms with Crippen LogP contribution in [0, 0.1) is 0 Å². The Bertz CT molecular complexity index is 882. The molecule has 1 aliphatic carbocycles. The van der Waals surface area contributed by atoms with Crippen molar-refractivity contribution < 1.29 is 23.8 Å². The molecule has 0 saturated heterocycles. The highest BCUT2D eigenvalue weighted by molar-refractivity contribution is 7.98. The van der Waals surface area contributed by atoms with Crippen molar-refractivity contribution in [3.63, 3.8) is 0 Å². The van der Waals surface area contributed by atoms with Crippen LogP contribution < -0.4 is 4.74 Å². The fourth-order valence-electron chi connectivity index (χ4n) is 3.26. The highest BCUT2D eigenvalue weighted by Crippen LogP contribution is 2.35. The van der Waals surface area contributed by atoms with Gasteiger partial charge in [-0.05, 0) is 80.0 Å². The van der Waals surface area contributed by atoms with Gasteiger partial charge < -0.3 is 9.84 Å². The number of rotatable bonds is 7. The summed E-state index contributed by atoms with van der Waals surface area (Å²) in [5, 5.41) is 9.48. The first-order chi connectivity index (χ1) is 13.4. The third kappa shape index (κ3) is 4.44. The van der Waals surface area contributed by atoms with E-state index in [1.165, 1.54) is 0 Å². The predicted octanol–water partition coefficient (Wildman–Crippen LogP) is 5.38. The van der Waals surface area contributed by atoms with Gasteiger partial charge in [0.2, 0.25) is 11.4 Å². The Morgan fingerprint density at radius 1 is 1.07 bits per heavy atom. The van der Waals surface area contributed by atoms with Gasteiger partial charge in [-0.15, -0.1) is 11.8 Å². The average Bonchev–Trinajstić information content (AvgIpc) is 3.19. The van der Waals surface area contributed by atoms with Crippen molar-refractivity contribution in [2.45, 2.75) is 36.2 Å². The smallest absolute Gasteiger partial charge is 0.348 e. The molecule has 1 saturated carbocycles. The predicted molar refractivity (Wildman–Crippen MR) is 108 cm³/mol. The molecule has 0 bridgehead atoms. The van der Waals surface area contributed by atoms with Crippen molar-refractivity contribution in [1.82, 2.24) is 0 Å². The Morgan fingerprint density at radius 2 is 1.68 bits per heavy atom. The molecular weight excluding hydrogens is 379 g/mol. The molecule has 3 rings (SSSR count). The van der Waals surface area contributed by atoms with E-state index in [9.17, 15) is 19.1 Å². The molecule has 0 aromatic heterocycles. The number of halogens is 1. The number of carboxylic acids is 1. The summed E-state index contributed by atoms with van der Waals surface area (Å²) in [7, 11) is 0. The maximum atomic E-state index is 14.3. The molecule has 1 aliphatic rings. The Hall–Kier alpha value is -2.60. The number of benzene rings is 2. The van der Waals surface area contributed by atoms with Crippen molar-refractivity contribution in [3.05, 3.63) is 65.5 Å². The van der Waals surface area contributed by atoms with E-state index in [2.05, 4.69) is 0 Å². The molecule has 2 aromatic carbocycles. The highest BCUT2D eigenvalue weighted by Gasteiger charge is 2.43. The van der Waals surface area contributed by atoms with Gasteiger partial charge in [0.15, 0.2) is 5.83 Å². The standard InChI is InChI=1S/C22H21FO4S/c1-28-18-10-6-16(7-11-18)20(24)19(23)14-15-4-8-17(9-5-15)27-22(21(25)26)12-2-3-13-22/h4-11,14H,2-3,12-13H2,1H3,(H,25,26)/b19-14-. The lowest BCUT2D eigenvalue weighted by molar-refractivity contribution is -0.154. The molecule has 4 nitrogen and oxygen atoms in total. The normalized spacial score (nSPS) is 16.0.